The van der Waals surface area contributed by atoms with Crippen molar-refractivity contribution in [1.82, 2.24) is 0 Å². The molecule has 0 radical (unpaired) electrons. The van der Waals surface area contributed by atoms with Crippen molar-refractivity contribution in [3.05, 3.63) is 11.6 Å². The molecule has 0 unspecified atom stereocenters. The summed E-state index contributed by atoms with van der Waals surface area (Å²) in [6.07, 6.45) is 8.03. The van der Waals surface area contributed by atoms with Crippen molar-refractivity contribution >= 4 is 0 Å². The van der Waals surface area contributed by atoms with Gasteiger partial charge in [-0.2, -0.15) is 0 Å². The van der Waals surface area contributed by atoms with Gasteiger partial charge in [0.2, 0.25) is 0 Å². The second-order valence-electron chi connectivity index (χ2n) is 3.28. The molecule has 0 N–H and O–H groups in total. The predicted octanol–water partition coefficient (Wildman–Crippen LogP) is 3.14. The lowest BCUT2D eigenvalue weighted by atomic mass is 10.1. The van der Waals surface area contributed by atoms with E-state index in [4.69, 9.17) is 0 Å². The van der Waals surface area contributed by atoms with E-state index in [2.05, 4.69) is 19.9 Å². The molecule has 1 aliphatic rings. The van der Waals surface area contributed by atoms with Gasteiger partial charge < -0.3 is 0 Å². The fourth-order valence-electron chi connectivity index (χ4n) is 1.47. The maximum Gasteiger partial charge on any atom is -0.0288 e. The summed E-state index contributed by atoms with van der Waals surface area (Å²) >= 11 is 0. The molecule has 1 fully saturated rings. The third kappa shape index (κ3) is 2.21. The van der Waals surface area contributed by atoms with E-state index < -0.39 is 0 Å². The third-order valence-electron chi connectivity index (χ3n) is 1.81. The van der Waals surface area contributed by atoms with Crippen LogP contribution in [0.25, 0.3) is 0 Å². The first-order valence-electron chi connectivity index (χ1n) is 3.98. The highest BCUT2D eigenvalue weighted by molar-refractivity contribution is 5.06. The van der Waals surface area contributed by atoms with Gasteiger partial charge in [0.1, 0.15) is 0 Å². The molecule has 0 heterocycles. The van der Waals surface area contributed by atoms with E-state index in [0.29, 0.717) is 0 Å². The van der Waals surface area contributed by atoms with Gasteiger partial charge in [-0.15, -0.1) is 0 Å². The molecule has 0 aromatic carbocycles. The van der Waals surface area contributed by atoms with Crippen LogP contribution < -0.4 is 0 Å². The molecule has 1 aliphatic carbocycles. The van der Waals surface area contributed by atoms with Crippen molar-refractivity contribution in [3.63, 3.8) is 0 Å². The number of hydrogen-bond acceptors (Lipinski definition) is 0. The van der Waals surface area contributed by atoms with Crippen LogP contribution in [0.1, 0.15) is 39.5 Å². The van der Waals surface area contributed by atoms with Crippen LogP contribution in [0.15, 0.2) is 11.6 Å². The minimum absolute atomic E-state index is 0.762. The highest BCUT2D eigenvalue weighted by Gasteiger charge is 2.05. The summed E-state index contributed by atoms with van der Waals surface area (Å²) < 4.78 is 0. The Morgan fingerprint density at radius 1 is 1.22 bits per heavy atom. The molecule has 0 aliphatic heterocycles. The molecule has 0 heteroatoms. The molecule has 1 rings (SSSR count). The quantitative estimate of drug-likeness (QED) is 0.471. The van der Waals surface area contributed by atoms with Crippen molar-refractivity contribution in [2.75, 3.05) is 0 Å². The minimum Gasteiger partial charge on any atom is -0.0828 e. The van der Waals surface area contributed by atoms with E-state index in [1.807, 2.05) is 0 Å². The van der Waals surface area contributed by atoms with Gasteiger partial charge in [0.25, 0.3) is 0 Å². The molecule has 0 saturated heterocycles. The SMILES string of the molecule is CC(C)C=C1CCCC1. The van der Waals surface area contributed by atoms with E-state index in [1.165, 1.54) is 25.7 Å². The Morgan fingerprint density at radius 3 is 2.22 bits per heavy atom. The van der Waals surface area contributed by atoms with Crippen LogP contribution >= 0.6 is 0 Å². The van der Waals surface area contributed by atoms with Crippen LogP contribution in [-0.4, -0.2) is 0 Å². The average Bonchev–Trinajstić information content (AvgIpc) is 2.15. The molecule has 0 spiro atoms. The zero-order valence-electron chi connectivity index (χ0n) is 6.48. The summed E-state index contributed by atoms with van der Waals surface area (Å²) in [6.45, 7) is 4.51. The van der Waals surface area contributed by atoms with Crippen LogP contribution in [0.4, 0.5) is 0 Å². The molecular weight excluding hydrogens is 108 g/mol. The van der Waals surface area contributed by atoms with Crippen molar-refractivity contribution in [2.24, 2.45) is 5.92 Å². The van der Waals surface area contributed by atoms with E-state index in [0.717, 1.165) is 5.92 Å². The lowest BCUT2D eigenvalue weighted by Gasteiger charge is -1.97. The van der Waals surface area contributed by atoms with E-state index >= 15 is 0 Å². The van der Waals surface area contributed by atoms with E-state index in [9.17, 15) is 0 Å². The summed E-state index contributed by atoms with van der Waals surface area (Å²) in [4.78, 5) is 0. The summed E-state index contributed by atoms with van der Waals surface area (Å²) in [6, 6.07) is 0. The first-order valence-corrected chi connectivity index (χ1v) is 3.98. The predicted molar refractivity (Wildman–Crippen MR) is 41.4 cm³/mol. The molecule has 0 aromatic rings. The summed E-state index contributed by atoms with van der Waals surface area (Å²) in [5.74, 6) is 0.762. The Balaban J connectivity index is 2.39. The Bertz CT molecular complexity index is 101. The third-order valence-corrected chi connectivity index (χ3v) is 1.81. The second kappa shape index (κ2) is 3.05. The molecule has 0 bridgehead atoms. The Hall–Kier alpha value is -0.260. The van der Waals surface area contributed by atoms with Crippen LogP contribution in [0.3, 0.4) is 0 Å². The molecule has 9 heavy (non-hydrogen) atoms. The monoisotopic (exact) mass is 124 g/mol. The second-order valence-corrected chi connectivity index (χ2v) is 3.28. The van der Waals surface area contributed by atoms with E-state index in [-0.39, 0.29) is 0 Å². The Morgan fingerprint density at radius 2 is 1.78 bits per heavy atom. The van der Waals surface area contributed by atoms with Gasteiger partial charge in [-0.05, 0) is 31.6 Å². The highest BCUT2D eigenvalue weighted by Crippen LogP contribution is 2.24. The smallest absolute Gasteiger partial charge is 0.0288 e. The van der Waals surface area contributed by atoms with Crippen molar-refractivity contribution < 1.29 is 0 Å². The zero-order valence-corrected chi connectivity index (χ0v) is 6.48. The first-order chi connectivity index (χ1) is 4.29. The van der Waals surface area contributed by atoms with Gasteiger partial charge >= 0.3 is 0 Å². The highest BCUT2D eigenvalue weighted by atomic mass is 14.1. The van der Waals surface area contributed by atoms with Crippen LogP contribution in [0.5, 0.6) is 0 Å². The summed E-state index contributed by atoms with van der Waals surface area (Å²) in [5.41, 5.74) is 1.70. The van der Waals surface area contributed by atoms with Gasteiger partial charge in [-0.25, -0.2) is 0 Å². The van der Waals surface area contributed by atoms with Crippen LogP contribution in [0, 0.1) is 5.92 Å². The summed E-state index contributed by atoms with van der Waals surface area (Å²) in [5, 5.41) is 0. The van der Waals surface area contributed by atoms with Crippen molar-refractivity contribution in [2.45, 2.75) is 39.5 Å². The summed E-state index contributed by atoms with van der Waals surface area (Å²) in [7, 11) is 0. The topological polar surface area (TPSA) is 0 Å². The van der Waals surface area contributed by atoms with E-state index in [1.54, 1.807) is 5.57 Å². The fraction of sp³-hybridized carbons (Fsp3) is 0.778. The minimum atomic E-state index is 0.762. The van der Waals surface area contributed by atoms with Gasteiger partial charge in [0, 0.05) is 0 Å². The van der Waals surface area contributed by atoms with Gasteiger partial charge in [-0.3, -0.25) is 0 Å². The molecule has 0 aromatic heterocycles. The normalized spacial score (nSPS) is 19.2. The number of hydrogen-bond donors (Lipinski definition) is 0. The number of rotatable bonds is 1. The Kier molecular flexibility index (Phi) is 2.32. The fourth-order valence-corrected chi connectivity index (χ4v) is 1.47. The molecule has 1 saturated carbocycles. The van der Waals surface area contributed by atoms with Gasteiger partial charge in [-0.1, -0.05) is 25.5 Å². The maximum atomic E-state index is 2.42. The lowest BCUT2D eigenvalue weighted by Crippen LogP contribution is -1.81. The number of allylic oxidation sites excluding steroid dienone is 2. The Labute approximate surface area is 58.0 Å². The average molecular weight is 124 g/mol. The zero-order chi connectivity index (χ0) is 6.69. The van der Waals surface area contributed by atoms with Crippen molar-refractivity contribution in [1.29, 1.82) is 0 Å². The molecule has 52 valence electrons. The largest absolute Gasteiger partial charge is 0.0828 e. The van der Waals surface area contributed by atoms with Gasteiger partial charge in [0.15, 0.2) is 0 Å². The lowest BCUT2D eigenvalue weighted by molar-refractivity contribution is 0.813. The van der Waals surface area contributed by atoms with Gasteiger partial charge in [0.05, 0.1) is 0 Å². The first kappa shape index (κ1) is 6.85. The maximum absolute atomic E-state index is 2.42. The molecular formula is C9H16. The van der Waals surface area contributed by atoms with Crippen molar-refractivity contribution in [3.8, 4) is 0 Å². The molecule has 0 nitrogen and oxygen atoms in total. The standard InChI is InChI=1S/C9H16/c1-8(2)7-9-5-3-4-6-9/h7-8H,3-6H2,1-2H3. The molecule has 0 amide bonds. The van der Waals surface area contributed by atoms with Crippen LogP contribution in [-0.2, 0) is 0 Å². The van der Waals surface area contributed by atoms with Crippen LogP contribution in [0.2, 0.25) is 0 Å². The molecule has 0 atom stereocenters.